The third kappa shape index (κ3) is 6.25. The van der Waals surface area contributed by atoms with E-state index in [4.69, 9.17) is 0 Å². The van der Waals surface area contributed by atoms with Crippen molar-refractivity contribution in [2.45, 2.75) is 12.5 Å². The van der Waals surface area contributed by atoms with Crippen molar-refractivity contribution in [3.63, 3.8) is 0 Å². The molecular weight excluding hydrogens is 411 g/mol. The molecule has 0 spiro atoms. The van der Waals surface area contributed by atoms with Crippen molar-refractivity contribution in [1.29, 1.82) is 0 Å². The van der Waals surface area contributed by atoms with E-state index in [1.807, 2.05) is 0 Å². The lowest BCUT2D eigenvalue weighted by atomic mass is 9.98. The van der Waals surface area contributed by atoms with Crippen LogP contribution in [0.5, 0.6) is 0 Å². The maximum absolute atomic E-state index is 13.4. The van der Waals surface area contributed by atoms with E-state index in [0.29, 0.717) is 16.7 Å². The predicted octanol–water partition coefficient (Wildman–Crippen LogP) is 3.36. The van der Waals surface area contributed by atoms with Crippen LogP contribution in [-0.4, -0.2) is 29.4 Å². The third-order valence-corrected chi connectivity index (χ3v) is 4.95. The van der Waals surface area contributed by atoms with Gasteiger partial charge in [0, 0.05) is 12.1 Å². The molecular formula is C25H23FN2O4. The molecule has 0 radical (unpaired) electrons. The summed E-state index contributed by atoms with van der Waals surface area (Å²) in [7, 11) is 0. The number of carboxylic acids is 1. The largest absolute Gasteiger partial charge is 0.481 e. The van der Waals surface area contributed by atoms with Gasteiger partial charge in [-0.25, -0.2) is 4.39 Å². The Hall–Kier alpha value is -4.00. The van der Waals surface area contributed by atoms with Crippen LogP contribution in [0.15, 0.2) is 84.9 Å². The normalized spacial score (nSPS) is 12.4. The molecule has 6 nitrogen and oxygen atoms in total. The van der Waals surface area contributed by atoms with Gasteiger partial charge in [0.15, 0.2) is 0 Å². The van der Waals surface area contributed by atoms with Gasteiger partial charge in [-0.15, -0.1) is 0 Å². The molecule has 0 bridgehead atoms. The minimum atomic E-state index is -1.11. The Morgan fingerprint density at radius 2 is 1.53 bits per heavy atom. The Balaban J connectivity index is 1.72. The number of benzene rings is 3. The maximum Gasteiger partial charge on any atom is 0.308 e. The maximum atomic E-state index is 13.4. The van der Waals surface area contributed by atoms with Gasteiger partial charge >= 0.3 is 5.97 Å². The summed E-state index contributed by atoms with van der Waals surface area (Å²) in [6.07, 6.45) is 0.0553. The minimum absolute atomic E-state index is 0.0553. The van der Waals surface area contributed by atoms with Gasteiger partial charge in [0.1, 0.15) is 11.9 Å². The van der Waals surface area contributed by atoms with Crippen LogP contribution < -0.4 is 10.6 Å². The SMILES string of the molecule is O=C(NC(C(=O)NCC(Cc1cccc(F)c1)C(=O)O)c1ccccc1)c1ccccc1. The Bertz CT molecular complexity index is 1070. The van der Waals surface area contributed by atoms with Crippen molar-refractivity contribution in [1.82, 2.24) is 10.6 Å². The summed E-state index contributed by atoms with van der Waals surface area (Å²) in [6, 6.07) is 21.9. The van der Waals surface area contributed by atoms with E-state index in [2.05, 4.69) is 10.6 Å². The molecule has 3 aromatic rings. The smallest absolute Gasteiger partial charge is 0.308 e. The fourth-order valence-electron chi connectivity index (χ4n) is 3.27. The molecule has 2 atom stereocenters. The summed E-state index contributed by atoms with van der Waals surface area (Å²) in [5.74, 6) is -3.49. The van der Waals surface area contributed by atoms with Crippen molar-refractivity contribution < 1.29 is 23.9 Å². The van der Waals surface area contributed by atoms with E-state index in [1.165, 1.54) is 18.2 Å². The number of carbonyl (C=O) groups excluding carboxylic acids is 2. The quantitative estimate of drug-likeness (QED) is 0.481. The first-order valence-corrected chi connectivity index (χ1v) is 10.1. The van der Waals surface area contributed by atoms with Crippen LogP contribution in [0, 0.1) is 11.7 Å². The van der Waals surface area contributed by atoms with Gasteiger partial charge in [0.2, 0.25) is 5.91 Å². The zero-order valence-electron chi connectivity index (χ0n) is 17.2. The average molecular weight is 434 g/mol. The molecule has 0 heterocycles. The van der Waals surface area contributed by atoms with Crippen LogP contribution >= 0.6 is 0 Å². The standard InChI is InChI=1S/C25H23FN2O4/c26-21-13-7-8-17(15-21)14-20(25(31)32)16-27-24(30)22(18-9-3-1-4-10-18)28-23(29)19-11-5-2-6-12-19/h1-13,15,20,22H,14,16H2,(H,27,30)(H,28,29)(H,31,32). The lowest BCUT2D eigenvalue weighted by Crippen LogP contribution is -2.43. The number of aliphatic carboxylic acids is 1. The molecule has 0 aliphatic rings. The highest BCUT2D eigenvalue weighted by atomic mass is 19.1. The van der Waals surface area contributed by atoms with Gasteiger partial charge in [0.25, 0.3) is 5.91 Å². The lowest BCUT2D eigenvalue weighted by molar-refractivity contribution is -0.141. The highest BCUT2D eigenvalue weighted by Gasteiger charge is 2.26. The van der Waals surface area contributed by atoms with Gasteiger partial charge < -0.3 is 15.7 Å². The molecule has 0 aliphatic carbocycles. The summed E-state index contributed by atoms with van der Waals surface area (Å²) in [6.45, 7) is -0.171. The third-order valence-electron chi connectivity index (χ3n) is 4.95. The molecule has 7 heteroatoms. The van der Waals surface area contributed by atoms with Crippen molar-refractivity contribution in [2.24, 2.45) is 5.92 Å². The number of rotatable bonds is 9. The highest BCUT2D eigenvalue weighted by molar-refractivity contribution is 5.97. The fraction of sp³-hybridized carbons (Fsp3) is 0.160. The molecule has 164 valence electrons. The number of hydrogen-bond donors (Lipinski definition) is 3. The van der Waals surface area contributed by atoms with E-state index in [-0.39, 0.29) is 13.0 Å². The Morgan fingerprint density at radius 3 is 2.16 bits per heavy atom. The van der Waals surface area contributed by atoms with Crippen LogP contribution in [0.2, 0.25) is 0 Å². The van der Waals surface area contributed by atoms with Crippen LogP contribution in [0.3, 0.4) is 0 Å². The number of halogens is 1. The molecule has 2 amide bonds. The number of hydrogen-bond acceptors (Lipinski definition) is 3. The van der Waals surface area contributed by atoms with E-state index in [1.54, 1.807) is 66.7 Å². The van der Waals surface area contributed by atoms with Crippen LogP contribution in [-0.2, 0) is 16.0 Å². The van der Waals surface area contributed by atoms with E-state index < -0.39 is 35.6 Å². The summed E-state index contributed by atoms with van der Waals surface area (Å²) >= 11 is 0. The van der Waals surface area contributed by atoms with Gasteiger partial charge in [-0.05, 0) is 41.8 Å². The van der Waals surface area contributed by atoms with Gasteiger partial charge in [-0.2, -0.15) is 0 Å². The number of carbonyl (C=O) groups is 3. The number of amides is 2. The van der Waals surface area contributed by atoms with Gasteiger partial charge in [-0.3, -0.25) is 14.4 Å². The van der Waals surface area contributed by atoms with E-state index in [0.717, 1.165) is 0 Å². The zero-order valence-corrected chi connectivity index (χ0v) is 17.2. The molecule has 32 heavy (non-hydrogen) atoms. The summed E-state index contributed by atoms with van der Waals surface area (Å²) < 4.78 is 13.4. The second kappa shape index (κ2) is 10.9. The molecule has 3 N–H and O–H groups in total. The summed E-state index contributed by atoms with van der Waals surface area (Å²) in [5.41, 5.74) is 1.48. The predicted molar refractivity (Wildman–Crippen MR) is 117 cm³/mol. The number of nitrogens with one attached hydrogen (secondary N) is 2. The second-order valence-electron chi connectivity index (χ2n) is 7.30. The van der Waals surface area contributed by atoms with Crippen molar-refractivity contribution in [3.05, 3.63) is 107 Å². The molecule has 2 unspecified atom stereocenters. The molecule has 0 aliphatic heterocycles. The Labute approximate surface area is 185 Å². The fourth-order valence-corrected chi connectivity index (χ4v) is 3.27. The molecule has 0 aromatic heterocycles. The molecule has 0 saturated heterocycles. The van der Waals surface area contributed by atoms with Crippen molar-refractivity contribution >= 4 is 17.8 Å². The first-order valence-electron chi connectivity index (χ1n) is 10.1. The average Bonchev–Trinajstić information content (AvgIpc) is 2.80. The first kappa shape index (κ1) is 22.7. The van der Waals surface area contributed by atoms with E-state index >= 15 is 0 Å². The highest BCUT2D eigenvalue weighted by Crippen LogP contribution is 2.15. The molecule has 0 saturated carbocycles. The first-order chi connectivity index (χ1) is 15.4. The van der Waals surface area contributed by atoms with Crippen LogP contribution in [0.1, 0.15) is 27.5 Å². The minimum Gasteiger partial charge on any atom is -0.481 e. The van der Waals surface area contributed by atoms with Crippen molar-refractivity contribution in [3.8, 4) is 0 Å². The molecule has 3 rings (SSSR count). The topological polar surface area (TPSA) is 95.5 Å². The summed E-state index contributed by atoms with van der Waals surface area (Å²) in [4.78, 5) is 37.3. The van der Waals surface area contributed by atoms with Gasteiger partial charge in [0.05, 0.1) is 5.92 Å². The Morgan fingerprint density at radius 1 is 0.875 bits per heavy atom. The van der Waals surface area contributed by atoms with Gasteiger partial charge in [-0.1, -0.05) is 60.7 Å². The molecule has 0 fully saturated rings. The summed E-state index contributed by atoms with van der Waals surface area (Å²) in [5, 5.41) is 14.9. The monoisotopic (exact) mass is 434 g/mol. The van der Waals surface area contributed by atoms with E-state index in [9.17, 15) is 23.9 Å². The Kier molecular flexibility index (Phi) is 7.70. The number of carboxylic acid groups (broad SMARTS) is 1. The molecule has 3 aromatic carbocycles. The lowest BCUT2D eigenvalue weighted by Gasteiger charge is -2.21. The van der Waals surface area contributed by atoms with Crippen molar-refractivity contribution in [2.75, 3.05) is 6.54 Å². The second-order valence-corrected chi connectivity index (χ2v) is 7.30. The zero-order chi connectivity index (χ0) is 22.9. The van der Waals surface area contributed by atoms with Crippen LogP contribution in [0.4, 0.5) is 4.39 Å². The van der Waals surface area contributed by atoms with Crippen LogP contribution in [0.25, 0.3) is 0 Å².